The number of aryl methyl sites for hydroxylation is 2. The standard InChI is InChI=1S/C17H17BrO2/c1-12-7-9-14(15(18)11-12)17(20)16(19)10-8-13-5-3-2-4-6-13/h2-7,9,11,17,20H,8,10H2,1H3. The predicted octanol–water partition coefficient (Wildman–Crippen LogP) is 3.99. The van der Waals surface area contributed by atoms with Crippen LogP contribution in [0.5, 0.6) is 0 Å². The van der Waals surface area contributed by atoms with Crippen LogP contribution >= 0.6 is 15.9 Å². The van der Waals surface area contributed by atoms with E-state index in [0.29, 0.717) is 18.4 Å². The third kappa shape index (κ3) is 3.78. The highest BCUT2D eigenvalue weighted by molar-refractivity contribution is 9.10. The normalized spacial score (nSPS) is 12.2. The van der Waals surface area contributed by atoms with E-state index < -0.39 is 6.10 Å². The van der Waals surface area contributed by atoms with Gasteiger partial charge < -0.3 is 5.11 Å². The molecule has 0 bridgehead atoms. The smallest absolute Gasteiger partial charge is 0.166 e. The summed E-state index contributed by atoms with van der Waals surface area (Å²) in [6.45, 7) is 1.97. The summed E-state index contributed by atoms with van der Waals surface area (Å²) in [4.78, 5) is 12.1. The molecule has 2 aromatic carbocycles. The first-order valence-electron chi connectivity index (χ1n) is 6.58. The Labute approximate surface area is 127 Å². The topological polar surface area (TPSA) is 37.3 Å². The SMILES string of the molecule is Cc1ccc(C(O)C(=O)CCc2ccccc2)c(Br)c1. The van der Waals surface area contributed by atoms with Gasteiger partial charge >= 0.3 is 0 Å². The van der Waals surface area contributed by atoms with Crippen molar-refractivity contribution >= 4 is 21.7 Å². The molecule has 0 heterocycles. The van der Waals surface area contributed by atoms with E-state index in [1.165, 1.54) is 0 Å². The first-order chi connectivity index (χ1) is 9.58. The fourth-order valence-electron chi connectivity index (χ4n) is 2.08. The van der Waals surface area contributed by atoms with Crippen molar-refractivity contribution in [3.05, 3.63) is 69.7 Å². The van der Waals surface area contributed by atoms with E-state index >= 15 is 0 Å². The molecule has 0 saturated carbocycles. The molecule has 0 aliphatic carbocycles. The minimum Gasteiger partial charge on any atom is -0.381 e. The quantitative estimate of drug-likeness (QED) is 0.898. The largest absolute Gasteiger partial charge is 0.381 e. The van der Waals surface area contributed by atoms with Gasteiger partial charge in [0.05, 0.1) is 0 Å². The summed E-state index contributed by atoms with van der Waals surface area (Å²) in [5.74, 6) is -0.154. The number of carbonyl (C=O) groups excluding carboxylic acids is 1. The summed E-state index contributed by atoms with van der Waals surface area (Å²) in [5.41, 5.74) is 2.83. The molecule has 2 rings (SSSR count). The lowest BCUT2D eigenvalue weighted by molar-refractivity contribution is -0.127. The number of hydrogen-bond acceptors (Lipinski definition) is 2. The van der Waals surface area contributed by atoms with Crippen LogP contribution in [-0.2, 0) is 11.2 Å². The number of aliphatic hydroxyl groups is 1. The van der Waals surface area contributed by atoms with Crippen molar-refractivity contribution in [2.75, 3.05) is 0 Å². The molecule has 0 aliphatic rings. The Kier molecular flexibility index (Phi) is 5.10. The molecule has 0 aliphatic heterocycles. The van der Waals surface area contributed by atoms with E-state index in [1.807, 2.05) is 49.4 Å². The van der Waals surface area contributed by atoms with E-state index in [9.17, 15) is 9.90 Å². The zero-order valence-corrected chi connectivity index (χ0v) is 12.9. The van der Waals surface area contributed by atoms with Gasteiger partial charge in [0.15, 0.2) is 5.78 Å². The zero-order chi connectivity index (χ0) is 14.5. The Morgan fingerprint density at radius 2 is 1.90 bits per heavy atom. The fourth-order valence-corrected chi connectivity index (χ4v) is 2.79. The van der Waals surface area contributed by atoms with Crippen LogP contribution in [0, 0.1) is 6.92 Å². The molecule has 104 valence electrons. The molecule has 1 atom stereocenters. The third-order valence-electron chi connectivity index (χ3n) is 3.26. The molecular weight excluding hydrogens is 316 g/mol. The molecular formula is C17H17BrO2. The van der Waals surface area contributed by atoms with Gasteiger partial charge in [-0.05, 0) is 30.5 Å². The fraction of sp³-hybridized carbons (Fsp3) is 0.235. The van der Waals surface area contributed by atoms with E-state index in [4.69, 9.17) is 0 Å². The molecule has 1 unspecified atom stereocenters. The number of benzene rings is 2. The number of carbonyl (C=O) groups is 1. The summed E-state index contributed by atoms with van der Waals surface area (Å²) in [6.07, 6.45) is -0.0696. The molecule has 0 fully saturated rings. The highest BCUT2D eigenvalue weighted by Crippen LogP contribution is 2.26. The van der Waals surface area contributed by atoms with Gasteiger partial charge in [0.1, 0.15) is 6.10 Å². The molecule has 1 N–H and O–H groups in total. The second-order valence-corrected chi connectivity index (χ2v) is 5.73. The number of halogens is 1. The van der Waals surface area contributed by atoms with E-state index in [-0.39, 0.29) is 5.78 Å². The lowest BCUT2D eigenvalue weighted by atomic mass is 9.99. The molecule has 0 spiro atoms. The van der Waals surface area contributed by atoms with Crippen molar-refractivity contribution in [3.63, 3.8) is 0 Å². The second kappa shape index (κ2) is 6.82. The van der Waals surface area contributed by atoms with Crippen molar-refractivity contribution < 1.29 is 9.90 Å². The summed E-state index contributed by atoms with van der Waals surface area (Å²) >= 11 is 3.40. The molecule has 0 aromatic heterocycles. The Bertz CT molecular complexity index is 593. The predicted molar refractivity (Wildman–Crippen MR) is 83.6 cm³/mol. The maximum atomic E-state index is 12.1. The molecule has 0 amide bonds. The summed E-state index contributed by atoms with van der Waals surface area (Å²) in [5, 5.41) is 10.2. The maximum Gasteiger partial charge on any atom is 0.166 e. The molecule has 20 heavy (non-hydrogen) atoms. The van der Waals surface area contributed by atoms with Gasteiger partial charge in [0.2, 0.25) is 0 Å². The van der Waals surface area contributed by atoms with Crippen molar-refractivity contribution in [1.82, 2.24) is 0 Å². The zero-order valence-electron chi connectivity index (χ0n) is 11.3. The Balaban J connectivity index is 2.01. The van der Waals surface area contributed by atoms with Crippen LogP contribution in [0.25, 0.3) is 0 Å². The monoisotopic (exact) mass is 332 g/mol. The summed E-state index contributed by atoms with van der Waals surface area (Å²) in [6, 6.07) is 15.4. The van der Waals surface area contributed by atoms with Crippen LogP contribution < -0.4 is 0 Å². The van der Waals surface area contributed by atoms with Crippen molar-refractivity contribution in [1.29, 1.82) is 0 Å². The van der Waals surface area contributed by atoms with Gasteiger partial charge in [-0.1, -0.05) is 58.4 Å². The average molecular weight is 333 g/mol. The molecule has 0 radical (unpaired) electrons. The van der Waals surface area contributed by atoms with Gasteiger partial charge in [-0.3, -0.25) is 4.79 Å². The van der Waals surface area contributed by atoms with Crippen LogP contribution in [0.1, 0.15) is 29.2 Å². The minimum atomic E-state index is -1.06. The number of ketones is 1. The molecule has 0 saturated heterocycles. The van der Waals surface area contributed by atoms with Gasteiger partial charge in [-0.2, -0.15) is 0 Å². The maximum absolute atomic E-state index is 12.1. The number of aliphatic hydroxyl groups excluding tert-OH is 1. The highest BCUT2D eigenvalue weighted by Gasteiger charge is 2.19. The van der Waals surface area contributed by atoms with Crippen molar-refractivity contribution in [2.24, 2.45) is 0 Å². The molecule has 2 aromatic rings. The van der Waals surface area contributed by atoms with Crippen LogP contribution in [0.15, 0.2) is 53.0 Å². The molecule has 2 nitrogen and oxygen atoms in total. The lowest BCUT2D eigenvalue weighted by Gasteiger charge is -2.12. The Hall–Kier alpha value is -1.45. The number of Topliss-reactive ketones (excluding diaryl/α,β-unsaturated/α-hetero) is 1. The van der Waals surface area contributed by atoms with Crippen LogP contribution in [0.2, 0.25) is 0 Å². The summed E-state index contributed by atoms with van der Waals surface area (Å²) < 4.78 is 0.776. The van der Waals surface area contributed by atoms with Gasteiger partial charge in [-0.15, -0.1) is 0 Å². The van der Waals surface area contributed by atoms with Crippen LogP contribution in [-0.4, -0.2) is 10.9 Å². The molecule has 3 heteroatoms. The van der Waals surface area contributed by atoms with E-state index in [2.05, 4.69) is 15.9 Å². The van der Waals surface area contributed by atoms with Gasteiger partial charge in [-0.25, -0.2) is 0 Å². The van der Waals surface area contributed by atoms with Crippen LogP contribution in [0.4, 0.5) is 0 Å². The first-order valence-corrected chi connectivity index (χ1v) is 7.38. The van der Waals surface area contributed by atoms with Crippen molar-refractivity contribution in [3.8, 4) is 0 Å². The second-order valence-electron chi connectivity index (χ2n) is 4.88. The van der Waals surface area contributed by atoms with Gasteiger partial charge in [0, 0.05) is 16.5 Å². The van der Waals surface area contributed by atoms with E-state index in [1.54, 1.807) is 6.07 Å². The van der Waals surface area contributed by atoms with Gasteiger partial charge in [0.25, 0.3) is 0 Å². The van der Waals surface area contributed by atoms with Crippen molar-refractivity contribution in [2.45, 2.75) is 25.9 Å². The average Bonchev–Trinajstić information content (AvgIpc) is 2.45. The number of hydrogen-bond donors (Lipinski definition) is 1. The first kappa shape index (κ1) is 14.9. The highest BCUT2D eigenvalue weighted by atomic mass is 79.9. The van der Waals surface area contributed by atoms with E-state index in [0.717, 1.165) is 15.6 Å². The Morgan fingerprint density at radius 3 is 2.55 bits per heavy atom. The minimum absolute atomic E-state index is 0.154. The third-order valence-corrected chi connectivity index (χ3v) is 3.95. The van der Waals surface area contributed by atoms with Crippen LogP contribution in [0.3, 0.4) is 0 Å². The lowest BCUT2D eigenvalue weighted by Crippen LogP contribution is -2.13. The number of rotatable bonds is 5. The Morgan fingerprint density at radius 1 is 1.20 bits per heavy atom. The summed E-state index contributed by atoms with van der Waals surface area (Å²) in [7, 11) is 0.